The van der Waals surface area contributed by atoms with Crippen molar-refractivity contribution in [1.29, 1.82) is 5.26 Å². The van der Waals surface area contributed by atoms with Crippen LogP contribution in [0.3, 0.4) is 0 Å². The first-order valence-corrected chi connectivity index (χ1v) is 10.2. The Labute approximate surface area is 183 Å². The normalized spacial score (nSPS) is 13.5. The molecule has 4 rings (SSSR count). The Balaban J connectivity index is 1.51. The van der Waals surface area contributed by atoms with Gasteiger partial charge in [0.05, 0.1) is 16.1 Å². The van der Waals surface area contributed by atoms with Crippen LogP contribution in [0.5, 0.6) is 5.75 Å². The fourth-order valence-corrected chi connectivity index (χ4v) is 3.54. The molecule has 1 aliphatic rings. The van der Waals surface area contributed by atoms with Gasteiger partial charge in [0.25, 0.3) is 5.69 Å². The number of non-ortho nitro benzene ring substituents is 1. The van der Waals surface area contributed by atoms with E-state index in [0.717, 1.165) is 43.6 Å². The number of allylic oxidation sites excluding steroid dienone is 1. The molecule has 0 amide bonds. The molecule has 9 nitrogen and oxygen atoms in total. The average molecular weight is 429 g/mol. The second kappa shape index (κ2) is 9.22. The molecule has 0 saturated carbocycles. The van der Waals surface area contributed by atoms with Gasteiger partial charge in [0.2, 0.25) is 0 Å². The molecule has 0 saturated heterocycles. The van der Waals surface area contributed by atoms with Crippen molar-refractivity contribution in [2.45, 2.75) is 32.2 Å². The van der Waals surface area contributed by atoms with Crippen LogP contribution >= 0.6 is 0 Å². The smallest absolute Gasteiger partial charge is 0.343 e. The monoisotopic (exact) mass is 429 g/mol. The van der Waals surface area contributed by atoms with Crippen molar-refractivity contribution >= 4 is 23.3 Å². The van der Waals surface area contributed by atoms with Crippen LogP contribution in [0.15, 0.2) is 48.5 Å². The predicted octanol–water partition coefficient (Wildman–Crippen LogP) is 4.20. The number of ether oxygens (including phenoxy) is 1. The zero-order valence-electron chi connectivity index (χ0n) is 17.1. The Bertz CT molecular complexity index is 1240. The molecule has 0 bridgehead atoms. The maximum absolute atomic E-state index is 12.3. The number of carbonyl (C=O) groups is 1. The molecule has 0 N–H and O–H groups in total. The lowest BCUT2D eigenvalue weighted by molar-refractivity contribution is -0.384. The number of nitro benzene ring substituents is 1. The van der Waals surface area contributed by atoms with Gasteiger partial charge in [0.15, 0.2) is 5.82 Å². The summed E-state index contributed by atoms with van der Waals surface area (Å²) in [5, 5.41) is 29.0. The largest absolute Gasteiger partial charge is 0.423 e. The summed E-state index contributed by atoms with van der Waals surface area (Å²) in [7, 11) is 0. The third-order valence-electron chi connectivity index (χ3n) is 5.17. The highest BCUT2D eigenvalue weighted by atomic mass is 16.6. The zero-order chi connectivity index (χ0) is 22.5. The number of fused-ring (bicyclic) bond motifs is 1. The van der Waals surface area contributed by atoms with E-state index < -0.39 is 10.9 Å². The number of hydrogen-bond donors (Lipinski definition) is 0. The molecule has 160 valence electrons. The quantitative estimate of drug-likeness (QED) is 0.196. The van der Waals surface area contributed by atoms with Crippen LogP contribution in [-0.2, 0) is 13.0 Å². The topological polar surface area (TPSA) is 124 Å². The standard InChI is InChI=1S/C23H19N5O4/c24-15-18(22-26-25-21-7-2-1-3-12-27(21)22)13-16-8-10-20(11-9-16)32-23(29)17-5-4-6-19(14-17)28(30)31/h4-6,8-11,13-14H,1-3,7,12H2/b18-13+. The zero-order valence-corrected chi connectivity index (χ0v) is 17.1. The van der Waals surface area contributed by atoms with E-state index in [4.69, 9.17) is 4.74 Å². The van der Waals surface area contributed by atoms with Crippen molar-refractivity contribution in [3.05, 3.63) is 81.4 Å². The number of aromatic nitrogens is 3. The summed E-state index contributed by atoms with van der Waals surface area (Å²) < 4.78 is 7.32. The number of esters is 1. The molecule has 0 fully saturated rings. The minimum absolute atomic E-state index is 0.0856. The fraction of sp³-hybridized carbons (Fsp3) is 0.217. The van der Waals surface area contributed by atoms with Crippen molar-refractivity contribution in [2.24, 2.45) is 0 Å². The minimum atomic E-state index is -0.694. The SMILES string of the molecule is N#C/C(=C\c1ccc(OC(=O)c2cccc([N+](=O)[O-])c2)cc1)c1nnc2n1CCCCC2. The van der Waals surface area contributed by atoms with Gasteiger partial charge < -0.3 is 9.30 Å². The van der Waals surface area contributed by atoms with Crippen molar-refractivity contribution in [3.63, 3.8) is 0 Å². The molecule has 2 heterocycles. The number of nitro groups is 1. The van der Waals surface area contributed by atoms with E-state index >= 15 is 0 Å². The molecule has 9 heteroatoms. The lowest BCUT2D eigenvalue weighted by Crippen LogP contribution is -2.08. The average Bonchev–Trinajstić information content (AvgIpc) is 3.06. The third kappa shape index (κ3) is 4.54. The van der Waals surface area contributed by atoms with E-state index in [0.29, 0.717) is 11.4 Å². The van der Waals surface area contributed by atoms with Gasteiger partial charge in [-0.15, -0.1) is 10.2 Å². The van der Waals surface area contributed by atoms with Gasteiger partial charge in [-0.25, -0.2) is 4.79 Å². The molecular weight excluding hydrogens is 410 g/mol. The van der Waals surface area contributed by atoms with Crippen molar-refractivity contribution in [1.82, 2.24) is 14.8 Å². The highest BCUT2D eigenvalue weighted by Crippen LogP contribution is 2.23. The summed E-state index contributed by atoms with van der Waals surface area (Å²) >= 11 is 0. The van der Waals surface area contributed by atoms with Gasteiger partial charge in [-0.3, -0.25) is 10.1 Å². The third-order valence-corrected chi connectivity index (χ3v) is 5.17. The van der Waals surface area contributed by atoms with E-state index in [-0.39, 0.29) is 17.0 Å². The molecule has 0 atom stereocenters. The molecule has 3 aromatic rings. The van der Waals surface area contributed by atoms with Crippen molar-refractivity contribution in [3.8, 4) is 11.8 Å². The summed E-state index contributed by atoms with van der Waals surface area (Å²) in [6.45, 7) is 0.795. The second-order valence-electron chi connectivity index (χ2n) is 7.34. The van der Waals surface area contributed by atoms with Gasteiger partial charge >= 0.3 is 5.97 Å². The molecular formula is C23H19N5O4. The molecule has 0 unspecified atom stereocenters. The predicted molar refractivity (Wildman–Crippen MR) is 116 cm³/mol. The van der Waals surface area contributed by atoms with E-state index in [1.54, 1.807) is 30.3 Å². The molecule has 2 aromatic carbocycles. The Hall–Kier alpha value is -4.32. The summed E-state index contributed by atoms with van der Waals surface area (Å²) in [6, 6.07) is 14.2. The Morgan fingerprint density at radius 1 is 1.16 bits per heavy atom. The Kier molecular flexibility index (Phi) is 6.03. The van der Waals surface area contributed by atoms with Crippen LogP contribution in [0.2, 0.25) is 0 Å². The summed E-state index contributed by atoms with van der Waals surface area (Å²) in [5.74, 6) is 1.06. The van der Waals surface area contributed by atoms with E-state index in [1.807, 2.05) is 4.57 Å². The maximum atomic E-state index is 12.3. The van der Waals surface area contributed by atoms with Crippen LogP contribution < -0.4 is 4.74 Å². The molecule has 0 spiro atoms. The van der Waals surface area contributed by atoms with Gasteiger partial charge in [-0.1, -0.05) is 24.6 Å². The first-order valence-electron chi connectivity index (χ1n) is 10.2. The number of benzene rings is 2. The van der Waals surface area contributed by atoms with Gasteiger partial charge in [-0.05, 0) is 42.7 Å². The summed E-state index contributed by atoms with van der Waals surface area (Å²) in [4.78, 5) is 22.6. The highest BCUT2D eigenvalue weighted by Gasteiger charge is 2.18. The Morgan fingerprint density at radius 2 is 1.97 bits per heavy atom. The summed E-state index contributed by atoms with van der Waals surface area (Å²) in [6.07, 6.45) is 5.80. The number of hydrogen-bond acceptors (Lipinski definition) is 7. The number of aryl methyl sites for hydroxylation is 1. The lowest BCUT2D eigenvalue weighted by Gasteiger charge is -2.06. The van der Waals surface area contributed by atoms with Crippen LogP contribution in [0.1, 0.15) is 46.8 Å². The van der Waals surface area contributed by atoms with Crippen LogP contribution in [0, 0.1) is 21.4 Å². The van der Waals surface area contributed by atoms with Gasteiger partial charge in [0.1, 0.15) is 17.6 Å². The Morgan fingerprint density at radius 3 is 2.72 bits per heavy atom. The molecule has 0 radical (unpaired) electrons. The molecule has 0 aliphatic carbocycles. The second-order valence-corrected chi connectivity index (χ2v) is 7.34. The number of nitriles is 1. The first-order chi connectivity index (χ1) is 15.5. The first kappa shape index (κ1) is 20.9. The number of rotatable bonds is 5. The van der Waals surface area contributed by atoms with E-state index in [9.17, 15) is 20.2 Å². The lowest BCUT2D eigenvalue weighted by atomic mass is 10.1. The van der Waals surface area contributed by atoms with Crippen LogP contribution in [0.4, 0.5) is 5.69 Å². The number of carbonyl (C=O) groups excluding carboxylic acids is 1. The van der Waals surface area contributed by atoms with E-state index in [2.05, 4.69) is 16.3 Å². The van der Waals surface area contributed by atoms with Gasteiger partial charge in [-0.2, -0.15) is 5.26 Å². The molecule has 1 aliphatic heterocycles. The van der Waals surface area contributed by atoms with E-state index in [1.165, 1.54) is 24.3 Å². The minimum Gasteiger partial charge on any atom is -0.423 e. The molecule has 32 heavy (non-hydrogen) atoms. The van der Waals surface area contributed by atoms with Crippen LogP contribution in [0.25, 0.3) is 11.6 Å². The fourth-order valence-electron chi connectivity index (χ4n) is 3.54. The summed E-state index contributed by atoms with van der Waals surface area (Å²) in [5.41, 5.74) is 1.05. The number of nitrogens with zero attached hydrogens (tertiary/aromatic N) is 5. The highest BCUT2D eigenvalue weighted by molar-refractivity contribution is 5.92. The van der Waals surface area contributed by atoms with Crippen LogP contribution in [-0.4, -0.2) is 25.7 Å². The van der Waals surface area contributed by atoms with Crippen molar-refractivity contribution in [2.75, 3.05) is 0 Å². The van der Waals surface area contributed by atoms with Gasteiger partial charge in [0, 0.05) is 25.1 Å². The molecule has 1 aromatic heterocycles. The van der Waals surface area contributed by atoms with Crippen molar-refractivity contribution < 1.29 is 14.5 Å². The maximum Gasteiger partial charge on any atom is 0.343 e.